The highest BCUT2D eigenvalue weighted by molar-refractivity contribution is 5.76. The van der Waals surface area contributed by atoms with Crippen molar-refractivity contribution in [2.24, 2.45) is 0 Å². The summed E-state index contributed by atoms with van der Waals surface area (Å²) >= 11 is 0. The number of para-hydroxylation sites is 1. The molecule has 0 aliphatic carbocycles. The summed E-state index contributed by atoms with van der Waals surface area (Å²) in [6, 6.07) is 11.3. The Hall–Kier alpha value is -2.47. The Kier molecular flexibility index (Phi) is 5.38. The maximum atomic E-state index is 12.4. The van der Waals surface area contributed by atoms with Crippen LogP contribution in [0.4, 0.5) is 0 Å². The molecule has 1 aromatic heterocycles. The molecule has 1 atom stereocenters. The minimum absolute atomic E-state index is 0.0619. The van der Waals surface area contributed by atoms with Crippen molar-refractivity contribution in [1.29, 1.82) is 0 Å². The zero-order valence-electron chi connectivity index (χ0n) is 13.7. The summed E-state index contributed by atoms with van der Waals surface area (Å²) in [5, 5.41) is 0. The van der Waals surface area contributed by atoms with Gasteiger partial charge in [-0.1, -0.05) is 18.2 Å². The molecule has 0 bridgehead atoms. The van der Waals surface area contributed by atoms with Gasteiger partial charge in [-0.25, -0.2) is 9.97 Å². The van der Waals surface area contributed by atoms with Crippen molar-refractivity contribution in [3.63, 3.8) is 0 Å². The molecular weight excluding hydrogens is 306 g/mol. The first-order valence-electron chi connectivity index (χ1n) is 8.09. The molecule has 1 fully saturated rings. The number of hydrogen-bond donors (Lipinski definition) is 0. The lowest BCUT2D eigenvalue weighted by Crippen LogP contribution is -2.43. The molecule has 6 nitrogen and oxygen atoms in total. The summed E-state index contributed by atoms with van der Waals surface area (Å²) < 4.78 is 11.3. The average Bonchev–Trinajstić information content (AvgIpc) is 2.63. The van der Waals surface area contributed by atoms with E-state index in [9.17, 15) is 4.79 Å². The standard InChI is InChI=1S/C18H21N3O3/c1-14-7-9-19-18(20-14)16-13-21(10-12-24-16)17(22)8-11-23-15-5-3-2-4-6-15/h2-7,9,16H,8,10-13H2,1H3. The van der Waals surface area contributed by atoms with Gasteiger partial charge in [0.2, 0.25) is 5.91 Å². The average molecular weight is 327 g/mol. The lowest BCUT2D eigenvalue weighted by atomic mass is 10.2. The number of nitrogens with zero attached hydrogens (tertiary/aromatic N) is 3. The van der Waals surface area contributed by atoms with Crippen LogP contribution in [0.15, 0.2) is 42.6 Å². The Labute approximate surface area is 141 Å². The molecule has 1 aliphatic rings. The number of morpholine rings is 1. The number of rotatable bonds is 5. The molecule has 2 heterocycles. The van der Waals surface area contributed by atoms with E-state index in [1.807, 2.05) is 43.3 Å². The van der Waals surface area contributed by atoms with Crippen molar-refractivity contribution >= 4 is 5.91 Å². The first-order valence-corrected chi connectivity index (χ1v) is 8.09. The predicted molar refractivity (Wildman–Crippen MR) is 88.6 cm³/mol. The van der Waals surface area contributed by atoms with E-state index < -0.39 is 0 Å². The van der Waals surface area contributed by atoms with E-state index in [-0.39, 0.29) is 12.0 Å². The molecule has 1 saturated heterocycles. The summed E-state index contributed by atoms with van der Waals surface area (Å²) in [5.74, 6) is 1.47. The Balaban J connectivity index is 1.51. The lowest BCUT2D eigenvalue weighted by molar-refractivity contribution is -0.139. The molecule has 2 aromatic rings. The lowest BCUT2D eigenvalue weighted by Gasteiger charge is -2.32. The van der Waals surface area contributed by atoms with Gasteiger partial charge in [0.1, 0.15) is 11.9 Å². The maximum Gasteiger partial charge on any atom is 0.226 e. The van der Waals surface area contributed by atoms with Crippen LogP contribution in [0, 0.1) is 6.92 Å². The van der Waals surface area contributed by atoms with Gasteiger partial charge < -0.3 is 14.4 Å². The molecule has 1 amide bonds. The Morgan fingerprint density at radius 3 is 2.96 bits per heavy atom. The maximum absolute atomic E-state index is 12.4. The van der Waals surface area contributed by atoms with Gasteiger partial charge in [0, 0.05) is 18.4 Å². The van der Waals surface area contributed by atoms with Crippen LogP contribution >= 0.6 is 0 Å². The molecule has 0 saturated carbocycles. The predicted octanol–water partition coefficient (Wildman–Crippen LogP) is 2.15. The number of benzene rings is 1. The van der Waals surface area contributed by atoms with Gasteiger partial charge in [0.25, 0.3) is 0 Å². The highest BCUT2D eigenvalue weighted by Crippen LogP contribution is 2.19. The molecule has 1 aliphatic heterocycles. The fraction of sp³-hybridized carbons (Fsp3) is 0.389. The van der Waals surface area contributed by atoms with Crippen LogP contribution in [0.25, 0.3) is 0 Å². The van der Waals surface area contributed by atoms with Crippen LogP contribution < -0.4 is 4.74 Å². The number of carbonyl (C=O) groups is 1. The van der Waals surface area contributed by atoms with E-state index in [2.05, 4.69) is 9.97 Å². The first-order chi connectivity index (χ1) is 11.7. The largest absolute Gasteiger partial charge is 0.493 e. The van der Waals surface area contributed by atoms with Crippen molar-refractivity contribution in [1.82, 2.24) is 14.9 Å². The van der Waals surface area contributed by atoms with Gasteiger partial charge in [-0.15, -0.1) is 0 Å². The van der Waals surface area contributed by atoms with E-state index in [1.54, 1.807) is 11.1 Å². The van der Waals surface area contributed by atoms with E-state index in [0.717, 1.165) is 11.4 Å². The molecule has 1 unspecified atom stereocenters. The normalized spacial score (nSPS) is 17.5. The molecule has 0 N–H and O–H groups in total. The van der Waals surface area contributed by atoms with E-state index in [0.29, 0.717) is 38.5 Å². The summed E-state index contributed by atoms with van der Waals surface area (Å²) in [7, 11) is 0. The highest BCUT2D eigenvalue weighted by Gasteiger charge is 2.27. The first kappa shape index (κ1) is 16.4. The van der Waals surface area contributed by atoms with E-state index >= 15 is 0 Å². The van der Waals surface area contributed by atoms with Gasteiger partial charge >= 0.3 is 0 Å². The molecule has 6 heteroatoms. The highest BCUT2D eigenvalue weighted by atomic mass is 16.5. The molecule has 3 rings (SSSR count). The second-order valence-electron chi connectivity index (χ2n) is 5.67. The van der Waals surface area contributed by atoms with Gasteiger partial charge in [-0.05, 0) is 25.1 Å². The third kappa shape index (κ3) is 4.29. The van der Waals surface area contributed by atoms with Gasteiger partial charge in [-0.2, -0.15) is 0 Å². The molecule has 126 valence electrons. The third-order valence-corrected chi connectivity index (χ3v) is 3.85. The van der Waals surface area contributed by atoms with Crippen LogP contribution in [0.5, 0.6) is 5.75 Å². The molecule has 1 aromatic carbocycles. The molecule has 0 radical (unpaired) electrons. The van der Waals surface area contributed by atoms with Gasteiger partial charge in [0.05, 0.1) is 26.2 Å². The van der Waals surface area contributed by atoms with Crippen LogP contribution in [-0.4, -0.2) is 47.1 Å². The number of hydrogen-bond acceptors (Lipinski definition) is 5. The summed E-state index contributed by atoms with van der Waals surface area (Å²) in [4.78, 5) is 22.8. The Morgan fingerprint density at radius 2 is 2.17 bits per heavy atom. The van der Waals surface area contributed by atoms with E-state index in [1.165, 1.54) is 0 Å². The Morgan fingerprint density at radius 1 is 1.33 bits per heavy atom. The van der Waals surface area contributed by atoms with Crippen molar-refractivity contribution in [3.8, 4) is 5.75 Å². The zero-order valence-corrected chi connectivity index (χ0v) is 13.7. The minimum Gasteiger partial charge on any atom is -0.493 e. The number of aryl methyl sites for hydroxylation is 1. The van der Waals surface area contributed by atoms with Crippen molar-refractivity contribution in [3.05, 3.63) is 54.1 Å². The zero-order chi connectivity index (χ0) is 16.8. The second-order valence-corrected chi connectivity index (χ2v) is 5.67. The number of ether oxygens (including phenoxy) is 2. The third-order valence-electron chi connectivity index (χ3n) is 3.85. The SMILES string of the molecule is Cc1ccnc(C2CN(C(=O)CCOc3ccccc3)CCO2)n1. The Bertz CT molecular complexity index is 678. The van der Waals surface area contributed by atoms with Crippen molar-refractivity contribution < 1.29 is 14.3 Å². The summed E-state index contributed by atoms with van der Waals surface area (Å²) in [5.41, 5.74) is 0.892. The van der Waals surface area contributed by atoms with Crippen molar-refractivity contribution in [2.75, 3.05) is 26.3 Å². The molecule has 24 heavy (non-hydrogen) atoms. The quantitative estimate of drug-likeness (QED) is 0.842. The van der Waals surface area contributed by atoms with Crippen LogP contribution in [0.1, 0.15) is 24.0 Å². The van der Waals surface area contributed by atoms with Crippen LogP contribution in [-0.2, 0) is 9.53 Å². The summed E-state index contributed by atoms with van der Waals surface area (Å²) in [6.45, 7) is 3.84. The molecule has 0 spiro atoms. The summed E-state index contributed by atoms with van der Waals surface area (Å²) in [6.07, 6.45) is 1.80. The topological polar surface area (TPSA) is 64.6 Å². The van der Waals surface area contributed by atoms with Crippen LogP contribution in [0.2, 0.25) is 0 Å². The van der Waals surface area contributed by atoms with Crippen LogP contribution in [0.3, 0.4) is 0 Å². The monoisotopic (exact) mass is 327 g/mol. The minimum atomic E-state index is -0.266. The van der Waals surface area contributed by atoms with Gasteiger partial charge in [0.15, 0.2) is 5.82 Å². The smallest absolute Gasteiger partial charge is 0.226 e. The fourth-order valence-electron chi connectivity index (χ4n) is 2.59. The number of aromatic nitrogens is 2. The van der Waals surface area contributed by atoms with Crippen molar-refractivity contribution in [2.45, 2.75) is 19.4 Å². The molecular formula is C18H21N3O3. The fourth-order valence-corrected chi connectivity index (χ4v) is 2.59. The number of carbonyl (C=O) groups excluding carboxylic acids is 1. The second kappa shape index (κ2) is 7.88. The van der Waals surface area contributed by atoms with Gasteiger partial charge in [-0.3, -0.25) is 4.79 Å². The number of amides is 1. The van der Waals surface area contributed by atoms with E-state index in [4.69, 9.17) is 9.47 Å².